The molecule has 0 unspecified atom stereocenters. The van der Waals surface area contributed by atoms with Gasteiger partial charge in [-0.2, -0.15) is 0 Å². The third-order valence-electron chi connectivity index (χ3n) is 4.28. The van der Waals surface area contributed by atoms with Crippen LogP contribution in [0.2, 0.25) is 0 Å². The molecule has 5 heteroatoms. The molecule has 1 saturated heterocycles. The molecule has 1 atom stereocenters. The number of nitrogens with zero attached hydrogens (tertiary/aromatic N) is 1. The van der Waals surface area contributed by atoms with Crippen molar-refractivity contribution in [3.8, 4) is 5.75 Å². The lowest BCUT2D eigenvalue weighted by atomic mass is 9.97. The van der Waals surface area contributed by atoms with Gasteiger partial charge < -0.3 is 14.4 Å². The summed E-state index contributed by atoms with van der Waals surface area (Å²) in [5.41, 5.74) is 2.22. The monoisotopic (exact) mass is 333 g/mol. The van der Waals surface area contributed by atoms with Crippen LogP contribution in [0.1, 0.15) is 37.8 Å². The fourth-order valence-electron chi connectivity index (χ4n) is 3.11. The summed E-state index contributed by atoms with van der Waals surface area (Å²) in [6.07, 6.45) is 0.771. The number of esters is 1. The molecule has 0 N–H and O–H groups in total. The highest BCUT2D eigenvalue weighted by atomic mass is 16.5. The summed E-state index contributed by atoms with van der Waals surface area (Å²) in [6.45, 7) is 9.14. The zero-order valence-electron chi connectivity index (χ0n) is 15.0. The molecule has 0 radical (unpaired) electrons. The summed E-state index contributed by atoms with van der Waals surface area (Å²) in [6, 6.07) is 5.94. The van der Waals surface area contributed by atoms with Gasteiger partial charge in [-0.1, -0.05) is 6.07 Å². The average molecular weight is 333 g/mol. The molecule has 0 saturated carbocycles. The fourth-order valence-corrected chi connectivity index (χ4v) is 3.11. The van der Waals surface area contributed by atoms with E-state index in [1.807, 2.05) is 32.9 Å². The number of hydrogen-bond donors (Lipinski definition) is 0. The van der Waals surface area contributed by atoms with Crippen LogP contribution in [-0.2, 0) is 14.3 Å². The van der Waals surface area contributed by atoms with E-state index in [4.69, 9.17) is 9.47 Å². The van der Waals surface area contributed by atoms with E-state index in [0.717, 1.165) is 16.9 Å². The molecule has 1 aliphatic heterocycles. The highest BCUT2D eigenvalue weighted by molar-refractivity contribution is 5.81. The molecule has 1 amide bonds. The zero-order chi connectivity index (χ0) is 17.7. The first-order valence-electron chi connectivity index (χ1n) is 8.61. The van der Waals surface area contributed by atoms with Crippen molar-refractivity contribution in [2.75, 3.05) is 19.7 Å². The highest BCUT2D eigenvalue weighted by Crippen LogP contribution is 2.21. The second-order valence-corrected chi connectivity index (χ2v) is 6.44. The summed E-state index contributed by atoms with van der Waals surface area (Å²) in [4.78, 5) is 26.1. The molecular formula is C19H27NO4. The highest BCUT2D eigenvalue weighted by Gasteiger charge is 2.30. The Labute approximate surface area is 143 Å². The maximum Gasteiger partial charge on any atom is 0.309 e. The first kappa shape index (κ1) is 18.3. The number of benzene rings is 1. The van der Waals surface area contributed by atoms with E-state index >= 15 is 0 Å². The van der Waals surface area contributed by atoms with Gasteiger partial charge in [0.25, 0.3) is 5.91 Å². The van der Waals surface area contributed by atoms with Crippen LogP contribution in [0.25, 0.3) is 0 Å². The van der Waals surface area contributed by atoms with Crippen LogP contribution in [0.4, 0.5) is 0 Å². The van der Waals surface area contributed by atoms with Crippen molar-refractivity contribution in [2.24, 2.45) is 5.92 Å². The number of carbonyl (C=O) groups is 2. The fraction of sp³-hybridized carbons (Fsp3) is 0.579. The van der Waals surface area contributed by atoms with Crippen molar-refractivity contribution in [1.29, 1.82) is 0 Å². The zero-order valence-corrected chi connectivity index (χ0v) is 15.0. The summed E-state index contributed by atoms with van der Waals surface area (Å²) in [5.74, 6) is 0.444. The van der Waals surface area contributed by atoms with Gasteiger partial charge in [0.15, 0.2) is 6.10 Å². The van der Waals surface area contributed by atoms with Crippen molar-refractivity contribution in [3.05, 3.63) is 29.3 Å². The van der Waals surface area contributed by atoms with Gasteiger partial charge in [-0.25, -0.2) is 0 Å². The molecule has 1 aromatic rings. The molecule has 1 aliphatic rings. The second-order valence-electron chi connectivity index (χ2n) is 6.44. The lowest BCUT2D eigenvalue weighted by Crippen LogP contribution is -2.45. The average Bonchev–Trinajstić information content (AvgIpc) is 2.53. The normalized spacial score (nSPS) is 16.6. The molecule has 5 nitrogen and oxygen atoms in total. The predicted molar refractivity (Wildman–Crippen MR) is 91.9 cm³/mol. The molecular weight excluding hydrogens is 306 g/mol. The molecule has 1 heterocycles. The lowest BCUT2D eigenvalue weighted by molar-refractivity contribution is -0.152. The maximum absolute atomic E-state index is 12.6. The molecule has 0 aliphatic carbocycles. The Kier molecular flexibility index (Phi) is 6.23. The van der Waals surface area contributed by atoms with E-state index < -0.39 is 6.10 Å². The first-order valence-corrected chi connectivity index (χ1v) is 8.61. The lowest BCUT2D eigenvalue weighted by Gasteiger charge is -2.32. The number of ether oxygens (including phenoxy) is 2. The van der Waals surface area contributed by atoms with Crippen molar-refractivity contribution < 1.29 is 19.1 Å². The van der Waals surface area contributed by atoms with Crippen LogP contribution >= 0.6 is 0 Å². The van der Waals surface area contributed by atoms with Crippen molar-refractivity contribution in [1.82, 2.24) is 4.90 Å². The number of carbonyl (C=O) groups excluding carboxylic acids is 2. The Morgan fingerprint density at radius 1 is 1.17 bits per heavy atom. The second kappa shape index (κ2) is 8.18. The number of aryl methyl sites for hydroxylation is 2. The number of amides is 1. The molecule has 0 spiro atoms. The predicted octanol–water partition coefficient (Wildman–Crippen LogP) is 2.87. The van der Waals surface area contributed by atoms with Crippen LogP contribution in [0, 0.1) is 19.8 Å². The van der Waals surface area contributed by atoms with E-state index in [2.05, 4.69) is 6.07 Å². The Bertz CT molecular complexity index is 571. The van der Waals surface area contributed by atoms with Gasteiger partial charge in [-0.05, 0) is 63.8 Å². The molecule has 1 aromatic carbocycles. The van der Waals surface area contributed by atoms with Gasteiger partial charge in [-0.3, -0.25) is 9.59 Å². The molecule has 24 heavy (non-hydrogen) atoms. The van der Waals surface area contributed by atoms with E-state index in [-0.39, 0.29) is 17.8 Å². The van der Waals surface area contributed by atoms with E-state index in [0.29, 0.717) is 32.5 Å². The topological polar surface area (TPSA) is 55.8 Å². The van der Waals surface area contributed by atoms with Gasteiger partial charge in [0.1, 0.15) is 5.75 Å². The van der Waals surface area contributed by atoms with Crippen molar-refractivity contribution >= 4 is 11.9 Å². The van der Waals surface area contributed by atoms with Gasteiger partial charge in [0.2, 0.25) is 0 Å². The third-order valence-corrected chi connectivity index (χ3v) is 4.28. The minimum atomic E-state index is -0.537. The quantitative estimate of drug-likeness (QED) is 0.778. The van der Waals surface area contributed by atoms with Crippen LogP contribution in [0.15, 0.2) is 18.2 Å². The smallest absolute Gasteiger partial charge is 0.309 e. The molecule has 132 valence electrons. The van der Waals surface area contributed by atoms with Crippen molar-refractivity contribution in [2.45, 2.75) is 46.6 Å². The molecule has 1 fully saturated rings. The van der Waals surface area contributed by atoms with Crippen LogP contribution in [0.3, 0.4) is 0 Å². The number of piperidine rings is 1. The van der Waals surface area contributed by atoms with Gasteiger partial charge in [-0.15, -0.1) is 0 Å². The van der Waals surface area contributed by atoms with Gasteiger partial charge in [0, 0.05) is 13.1 Å². The molecule has 0 bridgehead atoms. The third kappa shape index (κ3) is 4.73. The van der Waals surface area contributed by atoms with E-state index in [1.165, 1.54) is 0 Å². The standard InChI is InChI=1S/C19H27NO4/c1-5-23-19(22)16-6-8-20(9-7-16)18(21)15(4)24-17-11-13(2)10-14(3)12-17/h10-12,15-16H,5-9H2,1-4H3/t15-/m0/s1. The summed E-state index contributed by atoms with van der Waals surface area (Å²) < 4.78 is 10.9. The molecule has 2 rings (SSSR count). The van der Waals surface area contributed by atoms with Gasteiger partial charge >= 0.3 is 5.97 Å². The Hall–Kier alpha value is -2.04. The maximum atomic E-state index is 12.6. The summed E-state index contributed by atoms with van der Waals surface area (Å²) in [7, 11) is 0. The van der Waals surface area contributed by atoms with Crippen LogP contribution in [0.5, 0.6) is 5.75 Å². The summed E-state index contributed by atoms with van der Waals surface area (Å²) >= 11 is 0. The largest absolute Gasteiger partial charge is 0.481 e. The van der Waals surface area contributed by atoms with Crippen LogP contribution in [-0.4, -0.2) is 42.6 Å². The first-order chi connectivity index (χ1) is 11.4. The van der Waals surface area contributed by atoms with E-state index in [9.17, 15) is 9.59 Å². The van der Waals surface area contributed by atoms with Crippen molar-refractivity contribution in [3.63, 3.8) is 0 Å². The molecule has 0 aromatic heterocycles. The Morgan fingerprint density at radius 3 is 2.29 bits per heavy atom. The number of hydrogen-bond acceptors (Lipinski definition) is 4. The Morgan fingerprint density at radius 2 is 1.75 bits per heavy atom. The SMILES string of the molecule is CCOC(=O)C1CCN(C(=O)[C@H](C)Oc2cc(C)cc(C)c2)CC1. The number of rotatable bonds is 5. The van der Waals surface area contributed by atoms with Gasteiger partial charge in [0.05, 0.1) is 12.5 Å². The minimum Gasteiger partial charge on any atom is -0.481 e. The summed E-state index contributed by atoms with van der Waals surface area (Å²) in [5, 5.41) is 0. The van der Waals surface area contributed by atoms with Crippen LogP contribution < -0.4 is 4.74 Å². The minimum absolute atomic E-state index is 0.0310. The Balaban J connectivity index is 1.89. The number of likely N-dealkylation sites (tertiary alicyclic amines) is 1. The van der Waals surface area contributed by atoms with E-state index in [1.54, 1.807) is 11.8 Å².